The first-order valence-electron chi connectivity index (χ1n) is 6.33. The van der Waals surface area contributed by atoms with Gasteiger partial charge in [-0.1, -0.05) is 24.4 Å². The van der Waals surface area contributed by atoms with Gasteiger partial charge in [-0.05, 0) is 30.5 Å². The van der Waals surface area contributed by atoms with E-state index in [1.165, 1.54) is 0 Å². The molecule has 0 atom stereocenters. The first-order valence-corrected chi connectivity index (χ1v) is 6.71. The number of fused-ring (bicyclic) bond motifs is 1. The van der Waals surface area contributed by atoms with E-state index in [0.29, 0.717) is 24.5 Å². The van der Waals surface area contributed by atoms with Crippen molar-refractivity contribution in [3.05, 3.63) is 28.3 Å². The van der Waals surface area contributed by atoms with E-state index in [2.05, 4.69) is 0 Å². The monoisotopic (exact) mass is 266 g/mol. The third-order valence-corrected chi connectivity index (χ3v) is 4.49. The van der Waals surface area contributed by atoms with Gasteiger partial charge in [0.2, 0.25) is 0 Å². The lowest BCUT2D eigenvalue weighted by Gasteiger charge is -2.27. The Morgan fingerprint density at radius 1 is 1.33 bits per heavy atom. The van der Waals surface area contributed by atoms with Gasteiger partial charge in [-0.25, -0.2) is 0 Å². The number of rotatable bonds is 2. The van der Waals surface area contributed by atoms with Crippen LogP contribution in [0.3, 0.4) is 0 Å². The van der Waals surface area contributed by atoms with Crippen LogP contribution in [0.2, 0.25) is 5.02 Å². The fourth-order valence-electron chi connectivity index (χ4n) is 3.31. The van der Waals surface area contributed by atoms with Gasteiger partial charge in [0.1, 0.15) is 5.75 Å². The first-order chi connectivity index (χ1) is 8.65. The summed E-state index contributed by atoms with van der Waals surface area (Å²) in [4.78, 5) is 11.8. The van der Waals surface area contributed by atoms with Crippen LogP contribution < -0.4 is 4.74 Å². The molecule has 96 valence electrons. The number of carboxylic acids is 1. The topological polar surface area (TPSA) is 46.5 Å². The highest BCUT2D eigenvalue weighted by Gasteiger charge is 2.46. The zero-order valence-corrected chi connectivity index (χ0v) is 10.8. The molecule has 3 nitrogen and oxygen atoms in total. The van der Waals surface area contributed by atoms with E-state index in [1.54, 1.807) is 6.07 Å². The second-order valence-corrected chi connectivity index (χ2v) is 5.50. The summed E-state index contributed by atoms with van der Waals surface area (Å²) in [5.41, 5.74) is 1.02. The van der Waals surface area contributed by atoms with E-state index in [1.807, 2.05) is 6.07 Å². The quantitative estimate of drug-likeness (QED) is 0.894. The van der Waals surface area contributed by atoms with Crippen LogP contribution in [0.15, 0.2) is 12.1 Å². The summed E-state index contributed by atoms with van der Waals surface area (Å²) in [7, 11) is 0. The molecule has 3 rings (SSSR count). The molecular formula is C14H15ClO3. The second-order valence-electron chi connectivity index (χ2n) is 5.09. The van der Waals surface area contributed by atoms with Crippen molar-refractivity contribution in [1.82, 2.24) is 0 Å². The number of hydrogen-bond acceptors (Lipinski definition) is 2. The van der Waals surface area contributed by atoms with Crippen molar-refractivity contribution in [3.8, 4) is 5.75 Å². The van der Waals surface area contributed by atoms with Crippen molar-refractivity contribution in [3.63, 3.8) is 0 Å². The third-order valence-electron chi connectivity index (χ3n) is 4.17. The fraction of sp³-hybridized carbons (Fsp3) is 0.500. The van der Waals surface area contributed by atoms with Crippen molar-refractivity contribution < 1.29 is 14.6 Å². The van der Waals surface area contributed by atoms with Crippen LogP contribution in [0.4, 0.5) is 0 Å². The van der Waals surface area contributed by atoms with Gasteiger partial charge < -0.3 is 9.84 Å². The molecule has 1 N–H and O–H groups in total. The Labute approximate surface area is 111 Å². The highest BCUT2D eigenvalue weighted by atomic mass is 35.5. The van der Waals surface area contributed by atoms with E-state index in [-0.39, 0.29) is 0 Å². The maximum atomic E-state index is 11.8. The predicted molar refractivity (Wildman–Crippen MR) is 68.4 cm³/mol. The van der Waals surface area contributed by atoms with Crippen LogP contribution in [0.1, 0.15) is 36.8 Å². The van der Waals surface area contributed by atoms with Gasteiger partial charge in [-0.15, -0.1) is 0 Å². The zero-order chi connectivity index (χ0) is 12.8. The number of aliphatic carboxylic acids is 1. The largest absolute Gasteiger partial charge is 0.493 e. The SMILES string of the molecule is O=C(O)C1(c2c(Cl)ccc3c2CCO3)CCCC1. The van der Waals surface area contributed by atoms with Crippen molar-refractivity contribution in [1.29, 1.82) is 0 Å². The van der Waals surface area contributed by atoms with Gasteiger partial charge in [-0.3, -0.25) is 4.79 Å². The van der Waals surface area contributed by atoms with Gasteiger partial charge in [0, 0.05) is 17.0 Å². The Morgan fingerprint density at radius 2 is 2.06 bits per heavy atom. The van der Waals surface area contributed by atoms with Gasteiger partial charge in [-0.2, -0.15) is 0 Å². The van der Waals surface area contributed by atoms with E-state index >= 15 is 0 Å². The molecule has 18 heavy (non-hydrogen) atoms. The minimum atomic E-state index is -0.796. The number of benzene rings is 1. The Balaban J connectivity index is 2.21. The molecule has 0 radical (unpaired) electrons. The Kier molecular flexibility index (Phi) is 2.74. The molecule has 1 aliphatic carbocycles. The molecule has 1 saturated carbocycles. The summed E-state index contributed by atoms with van der Waals surface area (Å²) < 4.78 is 5.53. The van der Waals surface area contributed by atoms with E-state index in [0.717, 1.165) is 36.1 Å². The lowest BCUT2D eigenvalue weighted by Crippen LogP contribution is -2.34. The van der Waals surface area contributed by atoms with Crippen molar-refractivity contribution >= 4 is 17.6 Å². The molecular weight excluding hydrogens is 252 g/mol. The summed E-state index contributed by atoms with van der Waals surface area (Å²) in [6.07, 6.45) is 4.03. The van der Waals surface area contributed by atoms with Crippen molar-refractivity contribution in [2.45, 2.75) is 37.5 Å². The van der Waals surface area contributed by atoms with E-state index in [9.17, 15) is 9.90 Å². The maximum Gasteiger partial charge on any atom is 0.314 e. The maximum absolute atomic E-state index is 11.8. The molecule has 1 fully saturated rings. The smallest absolute Gasteiger partial charge is 0.314 e. The normalized spacial score (nSPS) is 20.5. The minimum absolute atomic E-state index is 0.573. The summed E-state index contributed by atoms with van der Waals surface area (Å²) in [6.45, 7) is 0.623. The van der Waals surface area contributed by atoms with Crippen LogP contribution in [-0.4, -0.2) is 17.7 Å². The van der Waals surface area contributed by atoms with Crippen molar-refractivity contribution in [2.75, 3.05) is 6.61 Å². The van der Waals surface area contributed by atoms with Crippen LogP contribution >= 0.6 is 11.6 Å². The first kappa shape index (κ1) is 11.8. The van der Waals surface area contributed by atoms with Gasteiger partial charge in [0.05, 0.1) is 12.0 Å². The minimum Gasteiger partial charge on any atom is -0.493 e. The fourth-order valence-corrected chi connectivity index (χ4v) is 3.67. The highest BCUT2D eigenvalue weighted by molar-refractivity contribution is 6.32. The van der Waals surface area contributed by atoms with Gasteiger partial charge >= 0.3 is 5.97 Å². The Morgan fingerprint density at radius 3 is 2.72 bits per heavy atom. The average molecular weight is 267 g/mol. The molecule has 1 heterocycles. The standard InChI is InChI=1S/C14H15ClO3/c15-10-3-4-11-9(5-8-18-11)12(10)14(13(16)17)6-1-2-7-14/h3-4H,1-2,5-8H2,(H,16,17). The lowest BCUT2D eigenvalue weighted by molar-refractivity contribution is -0.143. The highest BCUT2D eigenvalue weighted by Crippen LogP contribution is 2.48. The molecule has 2 aliphatic rings. The number of carboxylic acid groups (broad SMARTS) is 1. The van der Waals surface area contributed by atoms with E-state index in [4.69, 9.17) is 16.3 Å². The number of ether oxygens (including phenoxy) is 1. The molecule has 1 aromatic carbocycles. The summed E-state index contributed by atoms with van der Waals surface area (Å²) in [6, 6.07) is 3.61. The number of carbonyl (C=O) groups is 1. The van der Waals surface area contributed by atoms with Crippen molar-refractivity contribution in [2.24, 2.45) is 0 Å². The third kappa shape index (κ3) is 1.53. The molecule has 0 spiro atoms. The molecule has 0 unspecified atom stereocenters. The van der Waals surface area contributed by atoms with Crippen LogP contribution in [0.5, 0.6) is 5.75 Å². The summed E-state index contributed by atoms with van der Waals surface area (Å²) in [5.74, 6) is 0.0594. The second kappa shape index (κ2) is 4.16. The molecule has 0 bridgehead atoms. The van der Waals surface area contributed by atoms with Crippen LogP contribution in [0, 0.1) is 0 Å². The molecule has 0 aromatic heterocycles. The predicted octanol–water partition coefficient (Wildman–Crippen LogP) is 3.17. The average Bonchev–Trinajstić information content (AvgIpc) is 2.96. The summed E-state index contributed by atoms with van der Waals surface area (Å²) >= 11 is 6.30. The van der Waals surface area contributed by atoms with E-state index < -0.39 is 11.4 Å². The Hall–Kier alpha value is -1.22. The molecule has 4 heteroatoms. The Bertz CT molecular complexity index is 504. The molecule has 1 aliphatic heterocycles. The zero-order valence-electron chi connectivity index (χ0n) is 10.0. The van der Waals surface area contributed by atoms with Gasteiger partial charge in [0.15, 0.2) is 0 Å². The van der Waals surface area contributed by atoms with Crippen LogP contribution in [-0.2, 0) is 16.6 Å². The molecule has 0 amide bonds. The number of halogens is 1. The number of hydrogen-bond donors (Lipinski definition) is 1. The van der Waals surface area contributed by atoms with Gasteiger partial charge in [0.25, 0.3) is 0 Å². The lowest BCUT2D eigenvalue weighted by atomic mass is 9.76. The molecule has 0 saturated heterocycles. The summed E-state index contributed by atoms with van der Waals surface area (Å²) in [5, 5.41) is 10.2. The molecule has 1 aromatic rings. The van der Waals surface area contributed by atoms with Crippen LogP contribution in [0.25, 0.3) is 0 Å².